The van der Waals surface area contributed by atoms with Crippen LogP contribution < -0.4 is 5.73 Å². The number of benzene rings is 1. The molecule has 1 aromatic carbocycles. The lowest BCUT2D eigenvalue weighted by molar-refractivity contribution is 1.21. The Bertz CT molecular complexity index is 612. The number of rotatable bonds is 0. The minimum atomic E-state index is 0.466. The zero-order valence-corrected chi connectivity index (χ0v) is 7.38. The molecule has 68 valence electrons. The fourth-order valence-corrected chi connectivity index (χ4v) is 1.63. The summed E-state index contributed by atoms with van der Waals surface area (Å²) in [7, 11) is 0. The zero-order valence-electron chi connectivity index (χ0n) is 7.38. The van der Waals surface area contributed by atoms with Crippen molar-refractivity contribution in [3.05, 3.63) is 36.7 Å². The second kappa shape index (κ2) is 2.45. The predicted molar refractivity (Wildman–Crippen MR) is 54.9 cm³/mol. The number of nitrogens with zero attached hydrogens (tertiary/aromatic N) is 3. The first-order valence-electron chi connectivity index (χ1n) is 4.33. The maximum Gasteiger partial charge on any atom is 0.180 e. The molecule has 14 heavy (non-hydrogen) atoms. The van der Waals surface area contributed by atoms with Crippen molar-refractivity contribution >= 4 is 22.5 Å². The Kier molecular flexibility index (Phi) is 1.28. The highest BCUT2D eigenvalue weighted by atomic mass is 15.1. The summed E-state index contributed by atoms with van der Waals surface area (Å²) in [5, 5.41) is 0. The van der Waals surface area contributed by atoms with Crippen LogP contribution in [0, 0.1) is 0 Å². The highest BCUT2D eigenvalue weighted by Crippen LogP contribution is 2.17. The number of hydrogen-bond acceptors (Lipinski definition) is 3. The Balaban J connectivity index is 2.66. The Morgan fingerprint density at radius 3 is 3.00 bits per heavy atom. The Hall–Kier alpha value is -2.10. The second-order valence-electron chi connectivity index (χ2n) is 3.11. The first kappa shape index (κ1) is 7.32. The molecule has 0 aliphatic carbocycles. The molecule has 0 saturated heterocycles. The van der Waals surface area contributed by atoms with Gasteiger partial charge in [-0.3, -0.25) is 4.40 Å². The first-order valence-corrected chi connectivity index (χ1v) is 4.33. The fourth-order valence-electron chi connectivity index (χ4n) is 1.63. The van der Waals surface area contributed by atoms with Gasteiger partial charge in [-0.25, -0.2) is 9.97 Å². The molecule has 2 heterocycles. The Labute approximate surface area is 80.0 Å². The third-order valence-corrected chi connectivity index (χ3v) is 2.25. The van der Waals surface area contributed by atoms with E-state index in [1.54, 1.807) is 6.20 Å². The number of nitrogen functional groups attached to an aromatic ring is 1. The minimum absolute atomic E-state index is 0.466. The van der Waals surface area contributed by atoms with Gasteiger partial charge in [0.2, 0.25) is 0 Å². The van der Waals surface area contributed by atoms with Crippen molar-refractivity contribution in [3.8, 4) is 0 Å². The molecule has 0 atom stereocenters. The maximum atomic E-state index is 5.77. The molecule has 0 spiro atoms. The van der Waals surface area contributed by atoms with Crippen molar-refractivity contribution < 1.29 is 0 Å². The third kappa shape index (κ3) is 0.821. The topological polar surface area (TPSA) is 56.2 Å². The van der Waals surface area contributed by atoms with Crippen LogP contribution in [0.3, 0.4) is 0 Å². The lowest BCUT2D eigenvalue weighted by Gasteiger charge is -2.02. The third-order valence-electron chi connectivity index (χ3n) is 2.25. The Morgan fingerprint density at radius 1 is 1.21 bits per heavy atom. The summed E-state index contributed by atoms with van der Waals surface area (Å²) < 4.78 is 1.94. The second-order valence-corrected chi connectivity index (χ2v) is 3.11. The number of hydrogen-bond donors (Lipinski definition) is 1. The van der Waals surface area contributed by atoms with Crippen molar-refractivity contribution in [3.63, 3.8) is 0 Å². The number of nitrogens with two attached hydrogens (primary N) is 1. The van der Waals surface area contributed by atoms with E-state index in [9.17, 15) is 0 Å². The molecule has 0 amide bonds. The van der Waals surface area contributed by atoms with Gasteiger partial charge in [-0.05, 0) is 12.1 Å². The van der Waals surface area contributed by atoms with Gasteiger partial charge in [-0.15, -0.1) is 0 Å². The molecular weight excluding hydrogens is 176 g/mol. The van der Waals surface area contributed by atoms with E-state index in [1.165, 1.54) is 0 Å². The van der Waals surface area contributed by atoms with E-state index >= 15 is 0 Å². The molecular formula is C10H8N4. The molecule has 2 aromatic heterocycles. The molecule has 0 bridgehead atoms. The van der Waals surface area contributed by atoms with E-state index in [4.69, 9.17) is 5.73 Å². The number of aromatic nitrogens is 3. The average Bonchev–Trinajstić information content (AvgIpc) is 2.67. The molecule has 0 unspecified atom stereocenters. The predicted octanol–water partition coefficient (Wildman–Crippen LogP) is 1.46. The fraction of sp³-hybridized carbons (Fsp3) is 0. The summed E-state index contributed by atoms with van der Waals surface area (Å²) in [5.74, 6) is 0.466. The van der Waals surface area contributed by atoms with Crippen molar-refractivity contribution in [1.82, 2.24) is 14.4 Å². The van der Waals surface area contributed by atoms with Crippen molar-refractivity contribution in [2.75, 3.05) is 5.73 Å². The van der Waals surface area contributed by atoms with Gasteiger partial charge in [0.05, 0.1) is 11.0 Å². The van der Waals surface area contributed by atoms with Crippen molar-refractivity contribution in [2.45, 2.75) is 0 Å². The molecule has 0 saturated carbocycles. The van der Waals surface area contributed by atoms with Crippen molar-refractivity contribution in [2.24, 2.45) is 0 Å². The summed E-state index contributed by atoms with van der Waals surface area (Å²) >= 11 is 0. The molecule has 0 fully saturated rings. The molecule has 0 radical (unpaired) electrons. The van der Waals surface area contributed by atoms with Crippen LogP contribution in [0.5, 0.6) is 0 Å². The molecule has 4 nitrogen and oxygen atoms in total. The first-order chi connectivity index (χ1) is 6.86. The summed E-state index contributed by atoms with van der Waals surface area (Å²) in [5.41, 5.74) is 8.39. The van der Waals surface area contributed by atoms with Gasteiger partial charge in [0.15, 0.2) is 11.5 Å². The van der Waals surface area contributed by atoms with Crippen LogP contribution in [0.4, 0.5) is 5.82 Å². The monoisotopic (exact) mass is 184 g/mol. The van der Waals surface area contributed by atoms with Crippen LogP contribution >= 0.6 is 0 Å². The van der Waals surface area contributed by atoms with Crippen LogP contribution in [0.25, 0.3) is 16.7 Å². The van der Waals surface area contributed by atoms with Gasteiger partial charge in [0.1, 0.15) is 0 Å². The molecule has 0 aliphatic rings. The summed E-state index contributed by atoms with van der Waals surface area (Å²) in [6, 6.07) is 7.85. The lowest BCUT2D eigenvalue weighted by Crippen LogP contribution is -1.97. The van der Waals surface area contributed by atoms with Gasteiger partial charge < -0.3 is 5.73 Å². The van der Waals surface area contributed by atoms with E-state index in [1.807, 2.05) is 34.9 Å². The van der Waals surface area contributed by atoms with Crippen LogP contribution in [-0.4, -0.2) is 14.4 Å². The van der Waals surface area contributed by atoms with E-state index in [0.29, 0.717) is 11.5 Å². The number of imidazole rings is 1. The standard InChI is InChI=1S/C10H8N4/c11-9-10-12-5-6-14(10)8-4-2-1-3-7(8)13-9/h1-6H,(H2,11,13). The van der Waals surface area contributed by atoms with Gasteiger partial charge in [-0.1, -0.05) is 12.1 Å². The summed E-state index contributed by atoms with van der Waals surface area (Å²) in [4.78, 5) is 8.41. The van der Waals surface area contributed by atoms with Crippen LogP contribution in [0.2, 0.25) is 0 Å². The molecule has 0 aliphatic heterocycles. The minimum Gasteiger partial charge on any atom is -0.381 e. The van der Waals surface area contributed by atoms with E-state index < -0.39 is 0 Å². The van der Waals surface area contributed by atoms with Crippen LogP contribution in [0.15, 0.2) is 36.7 Å². The lowest BCUT2D eigenvalue weighted by atomic mass is 10.3. The van der Waals surface area contributed by atoms with Gasteiger partial charge >= 0.3 is 0 Å². The number of para-hydroxylation sites is 2. The average molecular weight is 184 g/mol. The molecule has 2 N–H and O–H groups in total. The largest absolute Gasteiger partial charge is 0.381 e. The highest BCUT2D eigenvalue weighted by Gasteiger charge is 2.04. The molecule has 4 heteroatoms. The quantitative estimate of drug-likeness (QED) is 0.575. The smallest absolute Gasteiger partial charge is 0.180 e. The summed E-state index contributed by atoms with van der Waals surface area (Å²) in [6.45, 7) is 0. The number of anilines is 1. The van der Waals surface area contributed by atoms with Crippen molar-refractivity contribution in [1.29, 1.82) is 0 Å². The normalized spacial score (nSPS) is 11.1. The van der Waals surface area contributed by atoms with Gasteiger partial charge in [0.25, 0.3) is 0 Å². The van der Waals surface area contributed by atoms with Crippen LogP contribution in [-0.2, 0) is 0 Å². The van der Waals surface area contributed by atoms with Crippen LogP contribution in [0.1, 0.15) is 0 Å². The molecule has 3 aromatic rings. The SMILES string of the molecule is Nc1nc2ccccc2n2ccnc12. The van der Waals surface area contributed by atoms with E-state index in [0.717, 1.165) is 11.0 Å². The van der Waals surface area contributed by atoms with E-state index in [-0.39, 0.29) is 0 Å². The highest BCUT2D eigenvalue weighted by molar-refractivity contribution is 5.81. The summed E-state index contributed by atoms with van der Waals surface area (Å²) in [6.07, 6.45) is 3.61. The maximum absolute atomic E-state index is 5.77. The van der Waals surface area contributed by atoms with E-state index in [2.05, 4.69) is 9.97 Å². The van der Waals surface area contributed by atoms with Gasteiger partial charge in [-0.2, -0.15) is 0 Å². The molecule has 3 rings (SSSR count). The zero-order chi connectivity index (χ0) is 9.54. The number of fused-ring (bicyclic) bond motifs is 3. The Morgan fingerprint density at radius 2 is 2.07 bits per heavy atom. The van der Waals surface area contributed by atoms with Gasteiger partial charge in [0, 0.05) is 12.4 Å².